The number of rotatable bonds is 3. The van der Waals surface area contributed by atoms with E-state index in [1.54, 1.807) is 4.90 Å². The van der Waals surface area contributed by atoms with Gasteiger partial charge in [-0.05, 0) is 0 Å². The molecule has 1 amide bonds. The number of thiol groups is 1. The molecule has 1 fully saturated rings. The Morgan fingerprint density at radius 2 is 2.25 bits per heavy atom. The Morgan fingerprint density at radius 1 is 1.58 bits per heavy atom. The fraction of sp³-hybridized carbons (Fsp3) is 0.833. The molecule has 1 saturated heterocycles. The summed E-state index contributed by atoms with van der Waals surface area (Å²) in [7, 11) is 0. The van der Waals surface area contributed by atoms with Crippen molar-refractivity contribution in [1.82, 2.24) is 4.90 Å². The molecule has 1 rings (SSSR count). The molecule has 1 aliphatic rings. The van der Waals surface area contributed by atoms with Gasteiger partial charge in [0.25, 0.3) is 0 Å². The van der Waals surface area contributed by atoms with Gasteiger partial charge in [0.1, 0.15) is 6.61 Å². The van der Waals surface area contributed by atoms with Gasteiger partial charge in [0.2, 0.25) is 5.91 Å². The van der Waals surface area contributed by atoms with Gasteiger partial charge in [0.05, 0.1) is 24.3 Å². The third kappa shape index (κ3) is 3.22. The Kier molecular flexibility index (Phi) is 4.82. The first-order valence-electron chi connectivity index (χ1n) is 3.63. The van der Waals surface area contributed by atoms with Crippen LogP contribution < -0.4 is 0 Å². The lowest BCUT2D eigenvalue weighted by atomic mass is 10.4. The summed E-state index contributed by atoms with van der Waals surface area (Å²) >= 11 is 4.67. The molecule has 0 radical (unpaired) electrons. The first-order valence-corrected chi connectivity index (χ1v) is 5.42. The third-order valence-electron chi connectivity index (χ3n) is 1.60. The van der Waals surface area contributed by atoms with Crippen LogP contribution in [0, 0.1) is 0 Å². The normalized spacial score (nSPS) is 17.9. The fourth-order valence-electron chi connectivity index (χ4n) is 0.981. The second-order valence-electron chi connectivity index (χ2n) is 2.33. The van der Waals surface area contributed by atoms with Crippen LogP contribution in [-0.2, 0) is 13.7 Å². The molecule has 0 bridgehead atoms. The van der Waals surface area contributed by atoms with Crippen LogP contribution in [0.3, 0.4) is 0 Å². The average Bonchev–Trinajstić information content (AvgIpc) is 2.15. The molecule has 0 aromatic carbocycles. The molecular weight excluding hydrogens is 198 g/mol. The molecule has 0 unspecified atom stereocenters. The van der Waals surface area contributed by atoms with Gasteiger partial charge in [-0.3, -0.25) is 8.98 Å². The Bertz CT molecular complexity index is 150. The summed E-state index contributed by atoms with van der Waals surface area (Å²) in [6, 6.07) is 0. The highest BCUT2D eigenvalue weighted by molar-refractivity contribution is 8.66. The van der Waals surface area contributed by atoms with Crippen molar-refractivity contribution in [3.8, 4) is 0 Å². The van der Waals surface area contributed by atoms with E-state index in [1.165, 1.54) is 0 Å². The van der Waals surface area contributed by atoms with Crippen molar-refractivity contribution in [1.29, 1.82) is 0 Å². The molecule has 1 aliphatic heterocycles. The van der Waals surface area contributed by atoms with Crippen LogP contribution in [0.5, 0.6) is 0 Å². The lowest BCUT2D eigenvalue weighted by Crippen LogP contribution is -2.42. The summed E-state index contributed by atoms with van der Waals surface area (Å²) in [4.78, 5) is 13.0. The monoisotopic (exact) mass is 209 g/mol. The minimum absolute atomic E-state index is 0.000139. The van der Waals surface area contributed by atoms with Crippen LogP contribution in [0.2, 0.25) is 0 Å². The van der Waals surface area contributed by atoms with E-state index in [9.17, 15) is 4.79 Å². The highest BCUT2D eigenvalue weighted by Gasteiger charge is 2.16. The van der Waals surface area contributed by atoms with Gasteiger partial charge in [0.15, 0.2) is 0 Å². The zero-order valence-electron chi connectivity index (χ0n) is 6.56. The minimum Gasteiger partial charge on any atom is -0.378 e. The molecule has 12 heavy (non-hydrogen) atoms. The largest absolute Gasteiger partial charge is 0.378 e. The molecule has 6 heteroatoms. The second-order valence-corrected chi connectivity index (χ2v) is 3.16. The topological polar surface area (TPSA) is 38.8 Å². The SMILES string of the molecule is O=C(COSS)N1CCOCC1. The summed E-state index contributed by atoms with van der Waals surface area (Å²) in [5.74, 6) is -0.000139. The highest BCUT2D eigenvalue weighted by Crippen LogP contribution is 2.07. The van der Waals surface area contributed by atoms with Crippen molar-refractivity contribution in [2.24, 2.45) is 0 Å². The first kappa shape index (κ1) is 10.2. The molecule has 4 nitrogen and oxygen atoms in total. The first-order chi connectivity index (χ1) is 5.84. The van der Waals surface area contributed by atoms with Gasteiger partial charge in [0, 0.05) is 13.1 Å². The number of hydrogen-bond acceptors (Lipinski definition) is 5. The average molecular weight is 209 g/mol. The molecule has 0 aromatic rings. The third-order valence-corrected chi connectivity index (χ3v) is 2.14. The number of nitrogens with zero attached hydrogens (tertiary/aromatic N) is 1. The van der Waals surface area contributed by atoms with E-state index in [2.05, 4.69) is 11.7 Å². The van der Waals surface area contributed by atoms with Crippen molar-refractivity contribution >= 4 is 28.6 Å². The van der Waals surface area contributed by atoms with Crippen molar-refractivity contribution in [2.75, 3.05) is 32.9 Å². The smallest absolute Gasteiger partial charge is 0.250 e. The van der Waals surface area contributed by atoms with Crippen LogP contribution >= 0.6 is 22.7 Å². The van der Waals surface area contributed by atoms with E-state index < -0.39 is 0 Å². The van der Waals surface area contributed by atoms with E-state index in [1.807, 2.05) is 0 Å². The molecule has 70 valence electrons. The van der Waals surface area contributed by atoms with Gasteiger partial charge in [-0.25, -0.2) is 0 Å². The molecule has 0 aromatic heterocycles. The van der Waals surface area contributed by atoms with Crippen LogP contribution in [0.4, 0.5) is 0 Å². The summed E-state index contributed by atoms with van der Waals surface area (Å²) in [6.07, 6.45) is 0. The lowest BCUT2D eigenvalue weighted by molar-refractivity contribution is -0.137. The van der Waals surface area contributed by atoms with E-state index >= 15 is 0 Å². The minimum atomic E-state index is -0.000139. The Morgan fingerprint density at radius 3 is 2.83 bits per heavy atom. The maximum atomic E-state index is 11.3. The Balaban J connectivity index is 2.20. The van der Waals surface area contributed by atoms with Crippen LogP contribution in [0.15, 0.2) is 0 Å². The van der Waals surface area contributed by atoms with Gasteiger partial charge in [-0.2, -0.15) is 0 Å². The van der Waals surface area contributed by atoms with Gasteiger partial charge in [-0.1, -0.05) is 11.7 Å². The maximum Gasteiger partial charge on any atom is 0.250 e. The maximum absolute atomic E-state index is 11.3. The lowest BCUT2D eigenvalue weighted by Gasteiger charge is -2.26. The molecule has 0 saturated carbocycles. The molecule has 0 aliphatic carbocycles. The van der Waals surface area contributed by atoms with Crippen LogP contribution in [0.1, 0.15) is 0 Å². The fourth-order valence-corrected chi connectivity index (χ4v) is 1.29. The van der Waals surface area contributed by atoms with Gasteiger partial charge in [-0.15, -0.1) is 0 Å². The Labute approximate surface area is 80.6 Å². The molecular formula is C6H11NO3S2. The quantitative estimate of drug-likeness (QED) is 0.414. The van der Waals surface area contributed by atoms with Crippen LogP contribution in [-0.4, -0.2) is 43.7 Å². The molecule has 0 N–H and O–H groups in total. The predicted octanol–water partition coefficient (Wildman–Crippen LogP) is 0.355. The second kappa shape index (κ2) is 5.69. The zero-order chi connectivity index (χ0) is 8.81. The molecule has 1 heterocycles. The zero-order valence-corrected chi connectivity index (χ0v) is 8.27. The Hall–Kier alpha value is 0.0900. The van der Waals surface area contributed by atoms with E-state index in [0.717, 1.165) is 11.1 Å². The van der Waals surface area contributed by atoms with Crippen molar-refractivity contribution in [3.05, 3.63) is 0 Å². The van der Waals surface area contributed by atoms with Crippen molar-refractivity contribution < 1.29 is 13.7 Å². The summed E-state index contributed by atoms with van der Waals surface area (Å²) in [5.41, 5.74) is 0. The van der Waals surface area contributed by atoms with Crippen molar-refractivity contribution in [2.45, 2.75) is 0 Å². The highest BCUT2D eigenvalue weighted by atomic mass is 33.1. The van der Waals surface area contributed by atoms with E-state index in [4.69, 9.17) is 8.92 Å². The number of amides is 1. The number of carbonyl (C=O) groups is 1. The summed E-state index contributed by atoms with van der Waals surface area (Å²) < 4.78 is 9.90. The number of carbonyl (C=O) groups excluding carboxylic acids is 1. The predicted molar refractivity (Wildman–Crippen MR) is 49.9 cm³/mol. The van der Waals surface area contributed by atoms with Gasteiger partial charge < -0.3 is 9.64 Å². The van der Waals surface area contributed by atoms with E-state index in [0.29, 0.717) is 26.3 Å². The standard InChI is InChI=1S/C6H11NO3S2/c8-6(5-10-12-11)7-1-3-9-4-2-7/h11H,1-5H2. The number of morpholine rings is 1. The van der Waals surface area contributed by atoms with Gasteiger partial charge >= 0.3 is 0 Å². The molecule has 0 atom stereocenters. The van der Waals surface area contributed by atoms with E-state index in [-0.39, 0.29) is 12.5 Å². The molecule has 0 spiro atoms. The summed E-state index contributed by atoms with van der Waals surface area (Å²) in [6.45, 7) is 2.67. The van der Waals surface area contributed by atoms with Crippen LogP contribution in [0.25, 0.3) is 0 Å². The van der Waals surface area contributed by atoms with Crippen molar-refractivity contribution in [3.63, 3.8) is 0 Å². The number of hydrogen-bond donors (Lipinski definition) is 1. The number of ether oxygens (including phenoxy) is 1. The summed E-state index contributed by atoms with van der Waals surface area (Å²) in [5, 5.41) is 0.